The minimum absolute atomic E-state index is 0.121. The van der Waals surface area contributed by atoms with Crippen LogP contribution in [0.25, 0.3) is 0 Å². The first-order chi connectivity index (χ1) is 5.58. The summed E-state index contributed by atoms with van der Waals surface area (Å²) in [6, 6.07) is 0. The van der Waals surface area contributed by atoms with Gasteiger partial charge in [-0.1, -0.05) is 24.6 Å². The van der Waals surface area contributed by atoms with Crippen molar-refractivity contribution in [3.63, 3.8) is 0 Å². The topological polar surface area (TPSA) is 26.0 Å². The lowest BCUT2D eigenvalue weighted by Crippen LogP contribution is -2.44. The number of allylic oxidation sites excluding steroid dienone is 1. The van der Waals surface area contributed by atoms with Gasteiger partial charge in [-0.25, -0.2) is 0 Å². The van der Waals surface area contributed by atoms with Crippen molar-refractivity contribution in [1.82, 2.24) is 0 Å². The third-order valence-corrected chi connectivity index (χ3v) is 2.90. The molecular weight excluding hydrogens is 146 g/mol. The van der Waals surface area contributed by atoms with Crippen LogP contribution in [0.5, 0.6) is 0 Å². The van der Waals surface area contributed by atoms with Crippen molar-refractivity contribution in [3.05, 3.63) is 24.3 Å². The first-order valence-electron chi connectivity index (χ1n) is 4.68. The van der Waals surface area contributed by atoms with E-state index in [1.165, 1.54) is 18.4 Å². The molecule has 0 amide bonds. The predicted octanol–water partition coefficient (Wildman–Crippen LogP) is 2.64. The van der Waals surface area contributed by atoms with Gasteiger partial charge in [0.1, 0.15) is 0 Å². The second-order valence-electron chi connectivity index (χ2n) is 3.98. The van der Waals surface area contributed by atoms with Crippen LogP contribution in [0.1, 0.15) is 33.1 Å². The van der Waals surface area contributed by atoms with E-state index in [2.05, 4.69) is 26.5 Å². The smallest absolute Gasteiger partial charge is 0.0402 e. The molecule has 68 valence electrons. The molecule has 0 bridgehead atoms. The van der Waals surface area contributed by atoms with E-state index in [0.717, 1.165) is 6.42 Å². The average Bonchev–Trinajstić information content (AvgIpc) is 2.02. The van der Waals surface area contributed by atoms with Crippen molar-refractivity contribution in [2.75, 3.05) is 0 Å². The fourth-order valence-electron chi connectivity index (χ4n) is 1.86. The van der Waals surface area contributed by atoms with E-state index in [4.69, 9.17) is 5.73 Å². The van der Waals surface area contributed by atoms with Crippen LogP contribution in [-0.4, -0.2) is 5.54 Å². The summed E-state index contributed by atoms with van der Waals surface area (Å²) in [6.07, 6.45) is 7.70. The summed E-state index contributed by atoms with van der Waals surface area (Å²) in [6.45, 7) is 8.10. The second kappa shape index (κ2) is 3.44. The van der Waals surface area contributed by atoms with Gasteiger partial charge in [0.2, 0.25) is 0 Å². The molecule has 0 radical (unpaired) electrons. The van der Waals surface area contributed by atoms with Gasteiger partial charge in [0, 0.05) is 5.54 Å². The van der Waals surface area contributed by atoms with E-state index in [9.17, 15) is 0 Å². The molecule has 12 heavy (non-hydrogen) atoms. The number of rotatable bonds is 2. The van der Waals surface area contributed by atoms with Crippen LogP contribution in [0.4, 0.5) is 0 Å². The Hall–Kier alpha value is -0.560. The zero-order chi connectivity index (χ0) is 9.19. The summed E-state index contributed by atoms with van der Waals surface area (Å²) in [4.78, 5) is 0. The zero-order valence-electron chi connectivity index (χ0n) is 8.14. The van der Waals surface area contributed by atoms with Gasteiger partial charge in [0.25, 0.3) is 0 Å². The van der Waals surface area contributed by atoms with E-state index in [-0.39, 0.29) is 5.54 Å². The highest BCUT2D eigenvalue weighted by atomic mass is 14.7. The van der Waals surface area contributed by atoms with Crippen molar-refractivity contribution in [1.29, 1.82) is 0 Å². The molecule has 1 rings (SSSR count). The molecule has 2 N–H and O–H groups in total. The minimum Gasteiger partial charge on any atom is -0.321 e. The fourth-order valence-corrected chi connectivity index (χ4v) is 1.86. The molecule has 0 saturated heterocycles. The monoisotopic (exact) mass is 165 g/mol. The van der Waals surface area contributed by atoms with E-state index in [0.29, 0.717) is 5.92 Å². The molecule has 0 aliphatic heterocycles. The van der Waals surface area contributed by atoms with Gasteiger partial charge in [-0.3, -0.25) is 0 Å². The number of hydrogen-bond donors (Lipinski definition) is 1. The van der Waals surface area contributed by atoms with Gasteiger partial charge in [-0.2, -0.15) is 0 Å². The molecular formula is C11H19N. The maximum absolute atomic E-state index is 6.26. The van der Waals surface area contributed by atoms with Crippen LogP contribution in [0.3, 0.4) is 0 Å². The third-order valence-electron chi connectivity index (χ3n) is 2.90. The summed E-state index contributed by atoms with van der Waals surface area (Å²) < 4.78 is 0. The molecule has 2 atom stereocenters. The van der Waals surface area contributed by atoms with Gasteiger partial charge in [-0.15, -0.1) is 6.58 Å². The number of hydrogen-bond acceptors (Lipinski definition) is 1. The Morgan fingerprint density at radius 1 is 1.75 bits per heavy atom. The van der Waals surface area contributed by atoms with Gasteiger partial charge in [0.15, 0.2) is 0 Å². The fraction of sp³-hybridized carbons (Fsp3) is 0.636. The van der Waals surface area contributed by atoms with Crippen molar-refractivity contribution < 1.29 is 0 Å². The molecule has 1 aliphatic rings. The highest BCUT2D eigenvalue weighted by Gasteiger charge is 2.29. The lowest BCUT2D eigenvalue weighted by Gasteiger charge is -2.34. The third kappa shape index (κ3) is 1.78. The predicted molar refractivity (Wildman–Crippen MR) is 53.9 cm³/mol. The molecule has 0 fully saturated rings. The minimum atomic E-state index is -0.121. The van der Waals surface area contributed by atoms with E-state index in [1.807, 2.05) is 6.08 Å². The Kier molecular flexibility index (Phi) is 2.73. The van der Waals surface area contributed by atoms with Gasteiger partial charge in [0.05, 0.1) is 0 Å². The van der Waals surface area contributed by atoms with E-state index in [1.54, 1.807) is 0 Å². The van der Waals surface area contributed by atoms with Crippen LogP contribution in [-0.2, 0) is 0 Å². The summed E-state index contributed by atoms with van der Waals surface area (Å²) in [7, 11) is 0. The summed E-state index contributed by atoms with van der Waals surface area (Å²) in [5, 5.41) is 0. The molecule has 0 aromatic heterocycles. The molecule has 2 unspecified atom stereocenters. The van der Waals surface area contributed by atoms with Crippen LogP contribution in [0.2, 0.25) is 0 Å². The van der Waals surface area contributed by atoms with E-state index < -0.39 is 0 Å². The summed E-state index contributed by atoms with van der Waals surface area (Å²) >= 11 is 0. The first-order valence-corrected chi connectivity index (χ1v) is 4.68. The Balaban J connectivity index is 2.82. The van der Waals surface area contributed by atoms with Gasteiger partial charge in [-0.05, 0) is 32.1 Å². The lowest BCUT2D eigenvalue weighted by atomic mass is 9.76. The molecule has 0 heterocycles. The molecule has 1 nitrogen and oxygen atoms in total. The Morgan fingerprint density at radius 3 is 2.92 bits per heavy atom. The average molecular weight is 165 g/mol. The van der Waals surface area contributed by atoms with Crippen LogP contribution in [0, 0.1) is 5.92 Å². The Morgan fingerprint density at radius 2 is 2.42 bits per heavy atom. The normalized spacial score (nSPS) is 32.4. The SMILES string of the molecule is C=CC(C)C1(N)C=C(C)CCC1. The standard InChI is InChI=1S/C11H19N/c1-4-10(3)11(12)7-5-6-9(2)8-11/h4,8,10H,1,5-7,12H2,2-3H3. The second-order valence-corrected chi connectivity index (χ2v) is 3.98. The summed E-state index contributed by atoms with van der Waals surface area (Å²) in [5.41, 5.74) is 7.56. The molecule has 0 aromatic carbocycles. The van der Waals surface area contributed by atoms with Gasteiger partial charge < -0.3 is 5.73 Å². The van der Waals surface area contributed by atoms with Crippen molar-refractivity contribution in [2.45, 2.75) is 38.6 Å². The van der Waals surface area contributed by atoms with Crippen molar-refractivity contribution in [2.24, 2.45) is 11.7 Å². The van der Waals surface area contributed by atoms with Crippen LogP contribution >= 0.6 is 0 Å². The largest absolute Gasteiger partial charge is 0.321 e. The zero-order valence-corrected chi connectivity index (χ0v) is 8.14. The number of nitrogens with two attached hydrogens (primary N) is 1. The molecule has 1 heteroatoms. The van der Waals surface area contributed by atoms with E-state index >= 15 is 0 Å². The Bertz CT molecular complexity index is 205. The quantitative estimate of drug-likeness (QED) is 0.625. The lowest BCUT2D eigenvalue weighted by molar-refractivity contribution is 0.364. The highest BCUT2D eigenvalue weighted by Crippen LogP contribution is 2.30. The molecule has 0 spiro atoms. The molecule has 0 saturated carbocycles. The van der Waals surface area contributed by atoms with Crippen LogP contribution < -0.4 is 5.73 Å². The Labute approximate surface area is 75.3 Å². The molecule has 0 aromatic rings. The maximum atomic E-state index is 6.26. The highest BCUT2D eigenvalue weighted by molar-refractivity contribution is 5.19. The summed E-state index contributed by atoms with van der Waals surface area (Å²) in [5.74, 6) is 0.382. The first kappa shape index (κ1) is 9.53. The van der Waals surface area contributed by atoms with Crippen LogP contribution in [0.15, 0.2) is 24.3 Å². The van der Waals surface area contributed by atoms with Crippen molar-refractivity contribution >= 4 is 0 Å². The maximum Gasteiger partial charge on any atom is 0.0402 e. The van der Waals surface area contributed by atoms with Gasteiger partial charge >= 0.3 is 0 Å². The van der Waals surface area contributed by atoms with Crippen molar-refractivity contribution in [3.8, 4) is 0 Å². The molecule has 1 aliphatic carbocycles.